The quantitative estimate of drug-likeness (QED) is 0.347. The fourth-order valence-corrected chi connectivity index (χ4v) is 3.92. The first-order valence-corrected chi connectivity index (χ1v) is 10.8. The third kappa shape index (κ3) is 5.89. The molecule has 0 bridgehead atoms. The van der Waals surface area contributed by atoms with Gasteiger partial charge in [0, 0.05) is 17.4 Å². The van der Waals surface area contributed by atoms with Crippen molar-refractivity contribution < 1.29 is 36.2 Å². The number of nitro benzene ring substituents is 2. The SMILES string of the molecule is O=C(Nc1ccc(S(=O)(=O)Nc2cccc(C(F)(F)F)c2)cc1)c1ccc([N+](=O)[O-])cc1[N+](=O)[O-]. The fourth-order valence-electron chi connectivity index (χ4n) is 2.87. The Balaban J connectivity index is 1.79. The fraction of sp³-hybridized carbons (Fsp3) is 0.0500. The van der Waals surface area contributed by atoms with E-state index in [4.69, 9.17) is 0 Å². The molecule has 15 heteroatoms. The Morgan fingerprint density at radius 2 is 1.51 bits per heavy atom. The zero-order valence-electron chi connectivity index (χ0n) is 17.1. The lowest BCUT2D eigenvalue weighted by molar-refractivity contribution is -0.394. The van der Waals surface area contributed by atoms with Crippen molar-refractivity contribution in [2.75, 3.05) is 10.0 Å². The van der Waals surface area contributed by atoms with Crippen LogP contribution in [0.2, 0.25) is 0 Å². The van der Waals surface area contributed by atoms with E-state index in [1.807, 2.05) is 4.72 Å². The number of hydrogen-bond acceptors (Lipinski definition) is 7. The molecule has 182 valence electrons. The maximum absolute atomic E-state index is 12.8. The predicted octanol–water partition coefficient (Wildman–Crippen LogP) is 4.57. The summed E-state index contributed by atoms with van der Waals surface area (Å²) in [6.07, 6.45) is -4.67. The van der Waals surface area contributed by atoms with Crippen molar-refractivity contribution in [2.24, 2.45) is 0 Å². The van der Waals surface area contributed by atoms with Crippen LogP contribution in [0, 0.1) is 20.2 Å². The summed E-state index contributed by atoms with van der Waals surface area (Å²) in [6.45, 7) is 0. The number of sulfonamides is 1. The molecule has 11 nitrogen and oxygen atoms in total. The summed E-state index contributed by atoms with van der Waals surface area (Å²) < 4.78 is 65.6. The summed E-state index contributed by atoms with van der Waals surface area (Å²) >= 11 is 0. The van der Waals surface area contributed by atoms with Gasteiger partial charge in [0.05, 0.1) is 26.4 Å². The number of rotatable bonds is 7. The summed E-state index contributed by atoms with van der Waals surface area (Å²) in [4.78, 5) is 32.3. The van der Waals surface area contributed by atoms with Gasteiger partial charge in [-0.3, -0.25) is 29.7 Å². The Kier molecular flexibility index (Phi) is 6.72. The largest absolute Gasteiger partial charge is 0.416 e. The smallest absolute Gasteiger partial charge is 0.322 e. The zero-order valence-corrected chi connectivity index (χ0v) is 18.0. The Hall–Kier alpha value is -4.53. The monoisotopic (exact) mass is 510 g/mol. The number of benzene rings is 3. The van der Waals surface area contributed by atoms with E-state index in [0.29, 0.717) is 12.1 Å². The van der Waals surface area contributed by atoms with Gasteiger partial charge < -0.3 is 5.32 Å². The number of anilines is 2. The van der Waals surface area contributed by atoms with Crippen LogP contribution in [-0.2, 0) is 16.2 Å². The maximum atomic E-state index is 12.8. The Morgan fingerprint density at radius 1 is 0.857 bits per heavy atom. The summed E-state index contributed by atoms with van der Waals surface area (Å²) in [5.41, 5.74) is -3.19. The average Bonchev–Trinajstić information content (AvgIpc) is 2.78. The van der Waals surface area contributed by atoms with Crippen LogP contribution in [-0.4, -0.2) is 24.2 Å². The molecular formula is C20H13F3N4O7S. The lowest BCUT2D eigenvalue weighted by Gasteiger charge is -2.12. The second kappa shape index (κ2) is 9.38. The number of halogens is 3. The molecule has 0 saturated heterocycles. The van der Waals surface area contributed by atoms with Crippen molar-refractivity contribution >= 4 is 38.7 Å². The van der Waals surface area contributed by atoms with Gasteiger partial charge in [0.15, 0.2) is 0 Å². The van der Waals surface area contributed by atoms with Gasteiger partial charge in [-0.2, -0.15) is 13.2 Å². The highest BCUT2D eigenvalue weighted by Crippen LogP contribution is 2.31. The highest BCUT2D eigenvalue weighted by Gasteiger charge is 2.31. The molecule has 3 aromatic rings. The molecule has 0 aliphatic carbocycles. The average molecular weight is 510 g/mol. The van der Waals surface area contributed by atoms with Gasteiger partial charge in [-0.25, -0.2) is 8.42 Å². The maximum Gasteiger partial charge on any atom is 0.416 e. The molecule has 3 aromatic carbocycles. The number of nitro groups is 2. The van der Waals surface area contributed by atoms with Crippen LogP contribution < -0.4 is 10.0 Å². The van der Waals surface area contributed by atoms with E-state index >= 15 is 0 Å². The first-order chi connectivity index (χ1) is 16.3. The van der Waals surface area contributed by atoms with Crippen LogP contribution >= 0.6 is 0 Å². The molecule has 3 rings (SSSR count). The van der Waals surface area contributed by atoms with Crippen molar-refractivity contribution in [2.45, 2.75) is 11.1 Å². The summed E-state index contributed by atoms with van der Waals surface area (Å²) in [5, 5.41) is 24.3. The van der Waals surface area contributed by atoms with Crippen molar-refractivity contribution in [1.29, 1.82) is 0 Å². The number of carbonyl (C=O) groups excluding carboxylic acids is 1. The minimum atomic E-state index is -4.67. The Bertz CT molecular complexity index is 1430. The number of nitrogens with one attached hydrogen (secondary N) is 2. The molecule has 0 atom stereocenters. The second-order valence-corrected chi connectivity index (χ2v) is 8.56. The van der Waals surface area contributed by atoms with Crippen molar-refractivity contribution in [3.8, 4) is 0 Å². The Labute approximate surface area is 194 Å². The summed E-state index contributed by atoms with van der Waals surface area (Å²) in [7, 11) is -4.29. The molecule has 0 spiro atoms. The molecule has 0 aromatic heterocycles. The lowest BCUT2D eigenvalue weighted by Crippen LogP contribution is -2.15. The first kappa shape index (κ1) is 25.1. The van der Waals surface area contributed by atoms with Gasteiger partial charge in [0.25, 0.3) is 27.3 Å². The first-order valence-electron chi connectivity index (χ1n) is 9.32. The minimum absolute atomic E-state index is 0.0284. The highest BCUT2D eigenvalue weighted by atomic mass is 32.2. The van der Waals surface area contributed by atoms with E-state index in [1.165, 1.54) is 0 Å². The van der Waals surface area contributed by atoms with Crippen LogP contribution in [0.3, 0.4) is 0 Å². The van der Waals surface area contributed by atoms with E-state index in [9.17, 15) is 46.6 Å². The topological polar surface area (TPSA) is 162 Å². The molecule has 0 saturated carbocycles. The molecule has 0 radical (unpaired) electrons. The van der Waals surface area contributed by atoms with E-state index in [2.05, 4.69) is 5.32 Å². The van der Waals surface area contributed by atoms with E-state index in [-0.39, 0.29) is 16.3 Å². The molecular weight excluding hydrogens is 497 g/mol. The molecule has 35 heavy (non-hydrogen) atoms. The van der Waals surface area contributed by atoms with Gasteiger partial charge >= 0.3 is 6.18 Å². The molecule has 0 aliphatic rings. The van der Waals surface area contributed by atoms with E-state index in [0.717, 1.165) is 54.6 Å². The zero-order chi connectivity index (χ0) is 26.0. The van der Waals surface area contributed by atoms with E-state index in [1.54, 1.807) is 0 Å². The molecule has 2 N–H and O–H groups in total. The van der Waals surface area contributed by atoms with Crippen LogP contribution in [0.4, 0.5) is 35.9 Å². The molecule has 0 fully saturated rings. The summed E-state index contributed by atoms with van der Waals surface area (Å²) in [5.74, 6) is -0.982. The summed E-state index contributed by atoms with van der Waals surface area (Å²) in [6, 6.07) is 10.4. The standard InChI is InChI=1S/C20H13F3N4O7S/c21-20(22,23)12-2-1-3-14(10-12)25-35(33,34)16-7-4-13(5-8-16)24-19(28)17-9-6-15(26(29)30)11-18(17)27(31)32/h1-11,25H,(H,24,28). The molecule has 0 heterocycles. The van der Waals surface area contributed by atoms with Crippen LogP contribution in [0.15, 0.2) is 71.6 Å². The third-order valence-electron chi connectivity index (χ3n) is 4.50. The number of carbonyl (C=O) groups is 1. The van der Waals surface area contributed by atoms with Gasteiger partial charge in [-0.05, 0) is 48.5 Å². The molecule has 0 aliphatic heterocycles. The normalized spacial score (nSPS) is 11.5. The van der Waals surface area contributed by atoms with Gasteiger partial charge in [-0.1, -0.05) is 6.07 Å². The number of amides is 1. The lowest BCUT2D eigenvalue weighted by atomic mass is 10.1. The van der Waals surface area contributed by atoms with Gasteiger partial charge in [0.1, 0.15) is 5.56 Å². The van der Waals surface area contributed by atoms with Crippen LogP contribution in [0.1, 0.15) is 15.9 Å². The second-order valence-electron chi connectivity index (χ2n) is 6.88. The van der Waals surface area contributed by atoms with Gasteiger partial charge in [0.2, 0.25) is 0 Å². The minimum Gasteiger partial charge on any atom is -0.322 e. The highest BCUT2D eigenvalue weighted by molar-refractivity contribution is 7.92. The predicted molar refractivity (Wildman–Crippen MR) is 116 cm³/mol. The van der Waals surface area contributed by atoms with Gasteiger partial charge in [-0.15, -0.1) is 0 Å². The van der Waals surface area contributed by atoms with Crippen molar-refractivity contribution in [1.82, 2.24) is 0 Å². The van der Waals surface area contributed by atoms with Crippen LogP contribution in [0.25, 0.3) is 0 Å². The van der Waals surface area contributed by atoms with Crippen molar-refractivity contribution in [3.63, 3.8) is 0 Å². The number of non-ortho nitro benzene ring substituents is 1. The van der Waals surface area contributed by atoms with E-state index < -0.39 is 54.5 Å². The molecule has 1 amide bonds. The van der Waals surface area contributed by atoms with Crippen LogP contribution in [0.5, 0.6) is 0 Å². The Morgan fingerprint density at radius 3 is 2.09 bits per heavy atom. The van der Waals surface area contributed by atoms with Crippen molar-refractivity contribution in [3.05, 3.63) is 98.1 Å². The number of nitrogens with zero attached hydrogens (tertiary/aromatic N) is 2. The third-order valence-corrected chi connectivity index (χ3v) is 5.90. The number of hydrogen-bond donors (Lipinski definition) is 2. The number of alkyl halides is 3. The molecule has 0 unspecified atom stereocenters.